The number of carbonyl (C=O) groups excluding carboxylic acids is 1. The van der Waals surface area contributed by atoms with Crippen molar-refractivity contribution in [1.29, 1.82) is 0 Å². The highest BCUT2D eigenvalue weighted by molar-refractivity contribution is 5.69. The number of hydrogen-bond donors (Lipinski definition) is 1. The van der Waals surface area contributed by atoms with Crippen molar-refractivity contribution >= 4 is 5.97 Å². The van der Waals surface area contributed by atoms with Gasteiger partial charge in [0.15, 0.2) is 0 Å². The Bertz CT molecular complexity index is 298. The van der Waals surface area contributed by atoms with E-state index in [4.69, 9.17) is 10.5 Å². The number of nitrogens with two attached hydrogens (primary N) is 1. The zero-order valence-corrected chi connectivity index (χ0v) is 8.98. The molecule has 0 unspecified atom stereocenters. The van der Waals surface area contributed by atoms with Gasteiger partial charge in [0.2, 0.25) is 0 Å². The van der Waals surface area contributed by atoms with Crippen LogP contribution in [0, 0.1) is 0 Å². The van der Waals surface area contributed by atoms with E-state index in [1.807, 2.05) is 30.3 Å². The van der Waals surface area contributed by atoms with Gasteiger partial charge in [-0.05, 0) is 18.9 Å². The lowest BCUT2D eigenvalue weighted by Gasteiger charge is -2.10. The van der Waals surface area contributed by atoms with Crippen molar-refractivity contribution in [3.05, 3.63) is 35.9 Å². The van der Waals surface area contributed by atoms with Crippen molar-refractivity contribution in [2.75, 3.05) is 6.61 Å². The Morgan fingerprint density at radius 3 is 2.67 bits per heavy atom. The van der Waals surface area contributed by atoms with Crippen molar-refractivity contribution in [2.24, 2.45) is 5.73 Å². The van der Waals surface area contributed by atoms with Crippen LogP contribution in [0.25, 0.3) is 0 Å². The first kappa shape index (κ1) is 11.7. The Morgan fingerprint density at radius 1 is 1.40 bits per heavy atom. The summed E-state index contributed by atoms with van der Waals surface area (Å²) >= 11 is 0. The molecule has 3 heteroatoms. The van der Waals surface area contributed by atoms with E-state index in [1.54, 1.807) is 6.92 Å². The third kappa shape index (κ3) is 4.13. The lowest BCUT2D eigenvalue weighted by Crippen LogP contribution is -2.13. The molecule has 82 valence electrons. The van der Waals surface area contributed by atoms with Gasteiger partial charge in [0.25, 0.3) is 0 Å². The van der Waals surface area contributed by atoms with Gasteiger partial charge in [0.05, 0.1) is 6.61 Å². The molecule has 15 heavy (non-hydrogen) atoms. The van der Waals surface area contributed by atoms with Crippen molar-refractivity contribution in [3.8, 4) is 0 Å². The number of hydrogen-bond acceptors (Lipinski definition) is 3. The molecule has 0 bridgehead atoms. The minimum Gasteiger partial charge on any atom is -0.466 e. The summed E-state index contributed by atoms with van der Waals surface area (Å²) in [6.45, 7) is 2.23. The maximum Gasteiger partial charge on any atom is 0.305 e. The van der Waals surface area contributed by atoms with Crippen LogP contribution in [0.2, 0.25) is 0 Å². The molecule has 0 aromatic heterocycles. The molecule has 1 atom stereocenters. The molecule has 0 aliphatic carbocycles. The maximum absolute atomic E-state index is 11.1. The Kier molecular flexibility index (Phi) is 4.84. The van der Waals surface area contributed by atoms with Crippen molar-refractivity contribution < 1.29 is 9.53 Å². The Balaban J connectivity index is 2.37. The van der Waals surface area contributed by atoms with Gasteiger partial charge < -0.3 is 10.5 Å². The summed E-state index contributed by atoms with van der Waals surface area (Å²) in [6.07, 6.45) is 1.01. The summed E-state index contributed by atoms with van der Waals surface area (Å²) < 4.78 is 4.83. The van der Waals surface area contributed by atoms with Crippen molar-refractivity contribution in [3.63, 3.8) is 0 Å². The van der Waals surface area contributed by atoms with Crippen LogP contribution in [0.4, 0.5) is 0 Å². The average molecular weight is 207 g/mol. The number of carbonyl (C=O) groups is 1. The summed E-state index contributed by atoms with van der Waals surface area (Å²) in [5.74, 6) is -0.177. The second-order valence-corrected chi connectivity index (χ2v) is 3.36. The molecule has 0 aliphatic rings. The molecule has 0 heterocycles. The van der Waals surface area contributed by atoms with E-state index < -0.39 is 0 Å². The fourth-order valence-corrected chi connectivity index (χ4v) is 1.37. The van der Waals surface area contributed by atoms with Crippen molar-refractivity contribution in [2.45, 2.75) is 25.8 Å². The molecule has 0 fully saturated rings. The van der Waals surface area contributed by atoms with E-state index in [0.717, 1.165) is 5.56 Å². The monoisotopic (exact) mass is 207 g/mol. The van der Waals surface area contributed by atoms with Gasteiger partial charge in [0, 0.05) is 12.5 Å². The maximum atomic E-state index is 11.1. The molecule has 2 N–H and O–H groups in total. The standard InChI is InChI=1S/C12H17NO2/c1-2-15-12(14)9-8-11(13)10-6-4-3-5-7-10/h3-7,11H,2,8-9,13H2,1H3/t11-/m0/s1. The minimum atomic E-state index is -0.177. The fraction of sp³-hybridized carbons (Fsp3) is 0.417. The first-order chi connectivity index (χ1) is 7.24. The van der Waals surface area contributed by atoms with Gasteiger partial charge in [-0.2, -0.15) is 0 Å². The highest BCUT2D eigenvalue weighted by Crippen LogP contribution is 2.15. The minimum absolute atomic E-state index is 0.0874. The Hall–Kier alpha value is -1.35. The molecule has 0 saturated heterocycles. The molecule has 0 saturated carbocycles. The third-order valence-corrected chi connectivity index (χ3v) is 2.19. The van der Waals surface area contributed by atoms with Crippen LogP contribution < -0.4 is 5.73 Å². The highest BCUT2D eigenvalue weighted by atomic mass is 16.5. The Morgan fingerprint density at radius 2 is 2.07 bits per heavy atom. The normalized spacial score (nSPS) is 12.1. The number of esters is 1. The summed E-state index contributed by atoms with van der Waals surface area (Å²) in [4.78, 5) is 11.1. The van der Waals surface area contributed by atoms with E-state index >= 15 is 0 Å². The molecule has 0 spiro atoms. The number of rotatable bonds is 5. The molecule has 0 aliphatic heterocycles. The molecular weight excluding hydrogens is 190 g/mol. The van der Waals surface area contributed by atoms with Gasteiger partial charge in [-0.15, -0.1) is 0 Å². The van der Waals surface area contributed by atoms with E-state index in [1.165, 1.54) is 0 Å². The quantitative estimate of drug-likeness (QED) is 0.751. The van der Waals surface area contributed by atoms with E-state index in [2.05, 4.69) is 0 Å². The van der Waals surface area contributed by atoms with E-state index in [-0.39, 0.29) is 12.0 Å². The van der Waals surface area contributed by atoms with Crippen LogP contribution >= 0.6 is 0 Å². The molecular formula is C12H17NO2. The van der Waals surface area contributed by atoms with Crippen LogP contribution in [0.1, 0.15) is 31.4 Å². The largest absolute Gasteiger partial charge is 0.466 e. The van der Waals surface area contributed by atoms with Gasteiger partial charge in [0.1, 0.15) is 0 Å². The fourth-order valence-electron chi connectivity index (χ4n) is 1.37. The van der Waals surface area contributed by atoms with Crippen LogP contribution in [0.3, 0.4) is 0 Å². The number of ether oxygens (including phenoxy) is 1. The van der Waals surface area contributed by atoms with E-state index in [0.29, 0.717) is 19.4 Å². The summed E-state index contributed by atoms with van der Waals surface area (Å²) in [5, 5.41) is 0. The molecule has 3 nitrogen and oxygen atoms in total. The first-order valence-electron chi connectivity index (χ1n) is 5.20. The van der Waals surface area contributed by atoms with Crippen LogP contribution in [0.5, 0.6) is 0 Å². The lowest BCUT2D eigenvalue weighted by atomic mass is 10.0. The lowest BCUT2D eigenvalue weighted by molar-refractivity contribution is -0.143. The number of benzene rings is 1. The Labute approximate surface area is 90.2 Å². The third-order valence-electron chi connectivity index (χ3n) is 2.19. The predicted molar refractivity (Wildman–Crippen MR) is 59.2 cm³/mol. The smallest absolute Gasteiger partial charge is 0.305 e. The SMILES string of the molecule is CCOC(=O)CC[C@H](N)c1ccccc1. The second-order valence-electron chi connectivity index (χ2n) is 3.36. The summed E-state index contributed by atoms with van der Waals surface area (Å²) in [7, 11) is 0. The predicted octanol–water partition coefficient (Wildman–Crippen LogP) is 2.03. The van der Waals surface area contributed by atoms with E-state index in [9.17, 15) is 4.79 Å². The van der Waals surface area contributed by atoms with Crippen LogP contribution in [0.15, 0.2) is 30.3 Å². The van der Waals surface area contributed by atoms with Crippen LogP contribution in [-0.2, 0) is 9.53 Å². The average Bonchev–Trinajstić information content (AvgIpc) is 2.27. The van der Waals surface area contributed by atoms with Crippen molar-refractivity contribution in [1.82, 2.24) is 0 Å². The van der Waals surface area contributed by atoms with Gasteiger partial charge >= 0.3 is 5.97 Å². The van der Waals surface area contributed by atoms with Gasteiger partial charge in [-0.1, -0.05) is 30.3 Å². The topological polar surface area (TPSA) is 52.3 Å². The second kappa shape index (κ2) is 6.19. The van der Waals surface area contributed by atoms with Gasteiger partial charge in [-0.25, -0.2) is 0 Å². The summed E-state index contributed by atoms with van der Waals surface area (Å²) in [6, 6.07) is 9.68. The molecule has 1 aromatic carbocycles. The summed E-state index contributed by atoms with van der Waals surface area (Å²) in [5.41, 5.74) is 6.99. The zero-order chi connectivity index (χ0) is 11.1. The molecule has 1 rings (SSSR count). The molecule has 0 amide bonds. The zero-order valence-electron chi connectivity index (χ0n) is 8.98. The first-order valence-corrected chi connectivity index (χ1v) is 5.20. The van der Waals surface area contributed by atoms with Gasteiger partial charge in [-0.3, -0.25) is 4.79 Å². The van der Waals surface area contributed by atoms with Crippen LogP contribution in [-0.4, -0.2) is 12.6 Å². The molecule has 0 radical (unpaired) electrons. The molecule has 1 aromatic rings. The highest BCUT2D eigenvalue weighted by Gasteiger charge is 2.08.